The fraction of sp³-hybridized carbons (Fsp3) is 0.538. The summed E-state index contributed by atoms with van der Waals surface area (Å²) in [5.74, 6) is 0.960. The van der Waals surface area contributed by atoms with Gasteiger partial charge in [-0.2, -0.15) is 0 Å². The van der Waals surface area contributed by atoms with Gasteiger partial charge in [0.25, 0.3) is 0 Å². The topological polar surface area (TPSA) is 47.3 Å². The molecule has 1 aromatic rings. The molecule has 0 aliphatic carbocycles. The normalized spacial score (nSPS) is 19.1. The van der Waals surface area contributed by atoms with Gasteiger partial charge in [0.2, 0.25) is 0 Å². The maximum absolute atomic E-state index is 5.68. The van der Waals surface area contributed by atoms with Gasteiger partial charge in [0, 0.05) is 18.3 Å². The molecule has 1 aromatic carbocycles. The van der Waals surface area contributed by atoms with E-state index in [1.165, 1.54) is 11.3 Å². The van der Waals surface area contributed by atoms with Crippen LogP contribution in [0.5, 0.6) is 5.75 Å². The fourth-order valence-electron chi connectivity index (χ4n) is 2.06. The fourth-order valence-corrected chi connectivity index (χ4v) is 2.06. The predicted molar refractivity (Wildman–Crippen MR) is 67.0 cm³/mol. The van der Waals surface area contributed by atoms with Crippen LogP contribution in [0.1, 0.15) is 25.8 Å². The molecular weight excluding hydrogens is 200 g/mol. The highest BCUT2D eigenvalue weighted by Gasteiger charge is 2.16. The van der Waals surface area contributed by atoms with E-state index in [4.69, 9.17) is 10.5 Å². The molecule has 1 atom stereocenters. The minimum absolute atomic E-state index is 0.228. The van der Waals surface area contributed by atoms with Gasteiger partial charge >= 0.3 is 0 Å². The SMILES string of the molecule is CC(C)Oc1ccc2c(c1)CCC(CN)N2. The highest BCUT2D eigenvalue weighted by Crippen LogP contribution is 2.28. The van der Waals surface area contributed by atoms with Crippen molar-refractivity contribution in [2.75, 3.05) is 11.9 Å². The molecule has 0 amide bonds. The average molecular weight is 220 g/mol. The molecule has 1 heterocycles. The van der Waals surface area contributed by atoms with E-state index in [1.807, 2.05) is 19.9 Å². The summed E-state index contributed by atoms with van der Waals surface area (Å²) >= 11 is 0. The molecule has 3 N–H and O–H groups in total. The van der Waals surface area contributed by atoms with Gasteiger partial charge in [0.1, 0.15) is 5.75 Å². The number of aryl methyl sites for hydroxylation is 1. The van der Waals surface area contributed by atoms with Crippen molar-refractivity contribution >= 4 is 5.69 Å². The largest absolute Gasteiger partial charge is 0.491 e. The van der Waals surface area contributed by atoms with Crippen molar-refractivity contribution in [2.24, 2.45) is 5.73 Å². The van der Waals surface area contributed by atoms with Crippen molar-refractivity contribution in [1.29, 1.82) is 0 Å². The van der Waals surface area contributed by atoms with Crippen LogP contribution in [0, 0.1) is 0 Å². The number of ether oxygens (including phenoxy) is 1. The summed E-state index contributed by atoms with van der Waals surface area (Å²) in [4.78, 5) is 0. The third kappa shape index (κ3) is 2.47. The van der Waals surface area contributed by atoms with Crippen molar-refractivity contribution in [1.82, 2.24) is 0 Å². The first-order valence-corrected chi connectivity index (χ1v) is 5.95. The number of anilines is 1. The Labute approximate surface area is 97.0 Å². The van der Waals surface area contributed by atoms with Gasteiger partial charge in [-0.3, -0.25) is 0 Å². The molecule has 3 heteroatoms. The van der Waals surface area contributed by atoms with Gasteiger partial charge in [-0.05, 0) is 50.5 Å². The second-order valence-corrected chi connectivity index (χ2v) is 4.60. The maximum atomic E-state index is 5.68. The van der Waals surface area contributed by atoms with Crippen LogP contribution in [-0.2, 0) is 6.42 Å². The molecule has 0 saturated heterocycles. The van der Waals surface area contributed by atoms with E-state index in [2.05, 4.69) is 17.4 Å². The molecule has 0 bridgehead atoms. The molecule has 1 aliphatic heterocycles. The molecule has 2 rings (SSSR count). The molecule has 0 saturated carbocycles. The lowest BCUT2D eigenvalue weighted by Crippen LogP contribution is -2.32. The van der Waals surface area contributed by atoms with E-state index in [-0.39, 0.29) is 6.10 Å². The average Bonchev–Trinajstić information content (AvgIpc) is 2.27. The summed E-state index contributed by atoms with van der Waals surface area (Å²) in [5.41, 5.74) is 8.21. The van der Waals surface area contributed by atoms with Gasteiger partial charge < -0.3 is 15.8 Å². The summed E-state index contributed by atoms with van der Waals surface area (Å²) in [6.07, 6.45) is 2.42. The highest BCUT2D eigenvalue weighted by molar-refractivity contribution is 5.56. The van der Waals surface area contributed by atoms with Crippen LogP contribution in [0.3, 0.4) is 0 Å². The molecule has 3 nitrogen and oxygen atoms in total. The van der Waals surface area contributed by atoms with Crippen LogP contribution in [0.2, 0.25) is 0 Å². The summed E-state index contributed by atoms with van der Waals surface area (Å²) < 4.78 is 5.68. The zero-order valence-electron chi connectivity index (χ0n) is 9.99. The third-order valence-electron chi connectivity index (χ3n) is 2.85. The molecule has 1 aliphatic rings. The smallest absolute Gasteiger partial charge is 0.120 e. The van der Waals surface area contributed by atoms with Gasteiger partial charge in [-0.1, -0.05) is 0 Å². The van der Waals surface area contributed by atoms with Crippen LogP contribution in [-0.4, -0.2) is 18.7 Å². The first kappa shape index (κ1) is 11.3. The first-order valence-electron chi connectivity index (χ1n) is 5.95. The van der Waals surface area contributed by atoms with Crippen molar-refractivity contribution in [3.8, 4) is 5.75 Å². The highest BCUT2D eigenvalue weighted by atomic mass is 16.5. The first-order chi connectivity index (χ1) is 7.69. The number of benzene rings is 1. The lowest BCUT2D eigenvalue weighted by molar-refractivity contribution is 0.242. The molecule has 0 spiro atoms. The molecule has 0 aromatic heterocycles. The Hall–Kier alpha value is -1.22. The number of nitrogens with two attached hydrogens (primary N) is 1. The number of nitrogens with one attached hydrogen (secondary N) is 1. The van der Waals surface area contributed by atoms with E-state index in [1.54, 1.807) is 0 Å². The molecule has 88 valence electrons. The van der Waals surface area contributed by atoms with Crippen LogP contribution < -0.4 is 15.8 Å². The van der Waals surface area contributed by atoms with Crippen LogP contribution in [0.15, 0.2) is 18.2 Å². The van der Waals surface area contributed by atoms with E-state index in [0.29, 0.717) is 12.6 Å². The quantitative estimate of drug-likeness (QED) is 0.820. The van der Waals surface area contributed by atoms with Gasteiger partial charge in [-0.15, -0.1) is 0 Å². The van der Waals surface area contributed by atoms with E-state index >= 15 is 0 Å². The number of rotatable bonds is 3. The number of hydrogen-bond acceptors (Lipinski definition) is 3. The van der Waals surface area contributed by atoms with Crippen molar-refractivity contribution in [3.63, 3.8) is 0 Å². The second-order valence-electron chi connectivity index (χ2n) is 4.60. The monoisotopic (exact) mass is 220 g/mol. The summed E-state index contributed by atoms with van der Waals surface area (Å²) in [6.45, 7) is 4.79. The summed E-state index contributed by atoms with van der Waals surface area (Å²) in [7, 11) is 0. The Morgan fingerprint density at radius 1 is 1.50 bits per heavy atom. The van der Waals surface area contributed by atoms with E-state index < -0.39 is 0 Å². The lowest BCUT2D eigenvalue weighted by atomic mass is 9.98. The van der Waals surface area contributed by atoms with Gasteiger partial charge in [0.15, 0.2) is 0 Å². The lowest BCUT2D eigenvalue weighted by Gasteiger charge is -2.26. The Bertz CT molecular complexity index is 363. The number of fused-ring (bicyclic) bond motifs is 1. The van der Waals surface area contributed by atoms with Gasteiger partial charge in [0.05, 0.1) is 6.10 Å². The zero-order valence-corrected chi connectivity index (χ0v) is 9.99. The minimum Gasteiger partial charge on any atom is -0.491 e. The Morgan fingerprint density at radius 3 is 3.00 bits per heavy atom. The van der Waals surface area contributed by atoms with Crippen LogP contribution in [0.25, 0.3) is 0 Å². The molecule has 1 unspecified atom stereocenters. The Kier molecular flexibility index (Phi) is 3.34. The summed E-state index contributed by atoms with van der Waals surface area (Å²) in [6, 6.07) is 6.67. The third-order valence-corrected chi connectivity index (χ3v) is 2.85. The molecule has 16 heavy (non-hydrogen) atoms. The maximum Gasteiger partial charge on any atom is 0.120 e. The van der Waals surface area contributed by atoms with E-state index in [9.17, 15) is 0 Å². The van der Waals surface area contributed by atoms with Crippen molar-refractivity contribution in [2.45, 2.75) is 38.8 Å². The van der Waals surface area contributed by atoms with Crippen molar-refractivity contribution in [3.05, 3.63) is 23.8 Å². The standard InChI is InChI=1S/C13H20N2O/c1-9(2)16-12-5-6-13-10(7-12)3-4-11(8-14)15-13/h5-7,9,11,15H,3-4,8,14H2,1-2H3. The predicted octanol–water partition coefficient (Wildman–Crippen LogP) is 2.16. The molecular formula is C13H20N2O. The minimum atomic E-state index is 0.228. The number of hydrogen-bond donors (Lipinski definition) is 2. The summed E-state index contributed by atoms with van der Waals surface area (Å²) in [5, 5.41) is 3.45. The second kappa shape index (κ2) is 4.74. The molecule has 0 radical (unpaired) electrons. The zero-order chi connectivity index (χ0) is 11.5. The van der Waals surface area contributed by atoms with E-state index in [0.717, 1.165) is 18.6 Å². The Morgan fingerprint density at radius 2 is 2.31 bits per heavy atom. The van der Waals surface area contributed by atoms with Crippen LogP contribution in [0.4, 0.5) is 5.69 Å². The van der Waals surface area contributed by atoms with Gasteiger partial charge in [-0.25, -0.2) is 0 Å². The van der Waals surface area contributed by atoms with Crippen LogP contribution >= 0.6 is 0 Å². The van der Waals surface area contributed by atoms with Crippen molar-refractivity contribution < 1.29 is 4.74 Å². The Balaban J connectivity index is 2.15. The molecule has 0 fully saturated rings.